The van der Waals surface area contributed by atoms with Crippen LogP contribution in [-0.4, -0.2) is 51.8 Å². The molecule has 0 saturated carbocycles. The molecule has 1 atom stereocenters. The Hall–Kier alpha value is -3.16. The first-order valence-corrected chi connectivity index (χ1v) is 10.6. The minimum absolute atomic E-state index is 0.0676. The van der Waals surface area contributed by atoms with Crippen molar-refractivity contribution >= 4 is 17.8 Å². The number of carbonyl (C=O) groups is 3. The number of hydrogen-bond donors (Lipinski definition) is 2. The van der Waals surface area contributed by atoms with Crippen molar-refractivity contribution in [3.8, 4) is 0 Å². The summed E-state index contributed by atoms with van der Waals surface area (Å²) in [5, 5.41) is 2.94. The molecule has 8 nitrogen and oxygen atoms in total. The lowest BCUT2D eigenvalue weighted by atomic mass is 9.96. The van der Waals surface area contributed by atoms with Gasteiger partial charge in [0, 0.05) is 37.7 Å². The van der Waals surface area contributed by atoms with Crippen LogP contribution in [0.15, 0.2) is 24.5 Å². The second-order valence-electron chi connectivity index (χ2n) is 8.25. The third-order valence-electron chi connectivity index (χ3n) is 5.47. The molecule has 31 heavy (non-hydrogen) atoms. The van der Waals surface area contributed by atoms with E-state index in [1.807, 2.05) is 12.1 Å². The molecule has 0 unspecified atom stereocenters. The maximum absolute atomic E-state index is 13.2. The number of aryl methyl sites for hydroxylation is 1. The highest BCUT2D eigenvalue weighted by Gasteiger charge is 2.31. The Bertz CT molecular complexity index is 952. The Morgan fingerprint density at radius 3 is 2.77 bits per heavy atom. The van der Waals surface area contributed by atoms with Crippen molar-refractivity contribution in [1.82, 2.24) is 20.2 Å². The highest BCUT2D eigenvalue weighted by molar-refractivity contribution is 6.00. The molecule has 2 amide bonds. The molecular formula is C23H30N4O4. The lowest BCUT2D eigenvalue weighted by Crippen LogP contribution is -2.45. The topological polar surface area (TPSA) is 104 Å². The second-order valence-corrected chi connectivity index (χ2v) is 8.25. The predicted octanol–water partition coefficient (Wildman–Crippen LogP) is 2.76. The maximum atomic E-state index is 13.2. The first-order chi connectivity index (χ1) is 14.8. The van der Waals surface area contributed by atoms with Gasteiger partial charge < -0.3 is 19.9 Å². The van der Waals surface area contributed by atoms with Gasteiger partial charge in [-0.05, 0) is 57.7 Å². The summed E-state index contributed by atoms with van der Waals surface area (Å²) in [7, 11) is 0. The third kappa shape index (κ3) is 5.31. The average molecular weight is 427 g/mol. The van der Waals surface area contributed by atoms with E-state index in [0.29, 0.717) is 42.1 Å². The molecule has 2 aromatic heterocycles. The highest BCUT2D eigenvalue weighted by atomic mass is 16.5. The molecule has 0 aliphatic carbocycles. The molecule has 166 valence electrons. The van der Waals surface area contributed by atoms with Gasteiger partial charge in [0.15, 0.2) is 0 Å². The standard InChI is InChI=1S/C23H30N4O4/c1-14(2)31-23(30)19-15(3)20(26-16(19)4)22(29)27-10-6-8-18(13-27)21(28)25-12-17-7-5-9-24-11-17/h5,7,9,11,14,18,26H,6,8,10,12-13H2,1-4H3,(H,25,28)/t18-/m0/s1. The summed E-state index contributed by atoms with van der Waals surface area (Å²) in [6.07, 6.45) is 4.65. The molecule has 0 aromatic carbocycles. The highest BCUT2D eigenvalue weighted by Crippen LogP contribution is 2.24. The summed E-state index contributed by atoms with van der Waals surface area (Å²) in [4.78, 5) is 47.0. The summed E-state index contributed by atoms with van der Waals surface area (Å²) in [6.45, 7) is 8.41. The minimum Gasteiger partial charge on any atom is -0.459 e. The predicted molar refractivity (Wildman–Crippen MR) is 116 cm³/mol. The van der Waals surface area contributed by atoms with Gasteiger partial charge in [-0.15, -0.1) is 0 Å². The van der Waals surface area contributed by atoms with Gasteiger partial charge in [0.2, 0.25) is 5.91 Å². The van der Waals surface area contributed by atoms with Crippen LogP contribution in [0.5, 0.6) is 0 Å². The summed E-state index contributed by atoms with van der Waals surface area (Å²) < 4.78 is 5.31. The van der Waals surface area contributed by atoms with Gasteiger partial charge >= 0.3 is 5.97 Å². The van der Waals surface area contributed by atoms with E-state index in [1.165, 1.54) is 0 Å². The fourth-order valence-electron chi connectivity index (χ4n) is 3.91. The molecular weight excluding hydrogens is 396 g/mol. The smallest absolute Gasteiger partial charge is 0.340 e. The van der Waals surface area contributed by atoms with Crippen molar-refractivity contribution in [3.63, 3.8) is 0 Å². The minimum atomic E-state index is -0.438. The van der Waals surface area contributed by atoms with Gasteiger partial charge in [0.25, 0.3) is 5.91 Å². The van der Waals surface area contributed by atoms with Crippen LogP contribution in [0.3, 0.4) is 0 Å². The number of nitrogens with one attached hydrogen (secondary N) is 2. The van der Waals surface area contributed by atoms with Gasteiger partial charge in [-0.2, -0.15) is 0 Å². The van der Waals surface area contributed by atoms with Crippen LogP contribution in [0.1, 0.15) is 64.4 Å². The number of rotatable bonds is 6. The lowest BCUT2D eigenvalue weighted by molar-refractivity contribution is -0.126. The Labute approximate surface area is 182 Å². The third-order valence-corrected chi connectivity index (χ3v) is 5.47. The Balaban J connectivity index is 1.67. The molecule has 8 heteroatoms. The molecule has 1 fully saturated rings. The zero-order valence-electron chi connectivity index (χ0n) is 18.5. The Morgan fingerprint density at radius 1 is 1.32 bits per heavy atom. The van der Waals surface area contributed by atoms with E-state index < -0.39 is 5.97 Å². The van der Waals surface area contributed by atoms with Gasteiger partial charge in [0.1, 0.15) is 5.69 Å². The molecule has 2 N–H and O–H groups in total. The first-order valence-electron chi connectivity index (χ1n) is 10.6. The van der Waals surface area contributed by atoms with E-state index >= 15 is 0 Å². The fourth-order valence-corrected chi connectivity index (χ4v) is 3.91. The zero-order chi connectivity index (χ0) is 22.5. The van der Waals surface area contributed by atoms with Crippen molar-refractivity contribution in [2.45, 2.75) is 53.2 Å². The summed E-state index contributed by atoms with van der Waals surface area (Å²) in [5.41, 5.74) is 2.90. The number of carbonyl (C=O) groups excluding carboxylic acids is 3. The Kier molecular flexibility index (Phi) is 7.09. The number of esters is 1. The van der Waals surface area contributed by atoms with Crippen molar-refractivity contribution in [1.29, 1.82) is 0 Å². The van der Waals surface area contributed by atoms with E-state index in [1.54, 1.807) is 45.0 Å². The SMILES string of the molecule is Cc1[nH]c(C(=O)N2CCC[C@H](C(=O)NCc3cccnc3)C2)c(C)c1C(=O)OC(C)C. The van der Waals surface area contributed by atoms with E-state index in [4.69, 9.17) is 4.74 Å². The van der Waals surface area contributed by atoms with Gasteiger partial charge in [-0.25, -0.2) is 4.79 Å². The van der Waals surface area contributed by atoms with Gasteiger partial charge in [-0.1, -0.05) is 6.07 Å². The summed E-state index contributed by atoms with van der Waals surface area (Å²) in [6, 6.07) is 3.73. The van der Waals surface area contributed by atoms with Crippen LogP contribution in [0.2, 0.25) is 0 Å². The van der Waals surface area contributed by atoms with Gasteiger partial charge in [-0.3, -0.25) is 14.6 Å². The van der Waals surface area contributed by atoms with E-state index in [0.717, 1.165) is 18.4 Å². The number of amides is 2. The molecule has 3 heterocycles. The monoisotopic (exact) mass is 426 g/mol. The van der Waals surface area contributed by atoms with E-state index in [9.17, 15) is 14.4 Å². The number of nitrogens with zero attached hydrogens (tertiary/aromatic N) is 2. The van der Waals surface area contributed by atoms with E-state index in [2.05, 4.69) is 15.3 Å². The number of piperidine rings is 1. The average Bonchev–Trinajstić information content (AvgIpc) is 3.05. The van der Waals surface area contributed by atoms with Gasteiger partial charge in [0.05, 0.1) is 17.6 Å². The number of ether oxygens (including phenoxy) is 1. The molecule has 0 radical (unpaired) electrons. The summed E-state index contributed by atoms with van der Waals surface area (Å²) in [5.74, 6) is -0.974. The molecule has 2 aromatic rings. The number of pyridine rings is 1. The maximum Gasteiger partial charge on any atom is 0.340 e. The quantitative estimate of drug-likeness (QED) is 0.691. The largest absolute Gasteiger partial charge is 0.459 e. The zero-order valence-corrected chi connectivity index (χ0v) is 18.5. The Morgan fingerprint density at radius 2 is 2.10 bits per heavy atom. The molecule has 0 bridgehead atoms. The molecule has 3 rings (SSSR count). The molecule has 1 aliphatic heterocycles. The van der Waals surface area contributed by atoms with Crippen molar-refractivity contribution in [2.24, 2.45) is 5.92 Å². The molecule has 1 saturated heterocycles. The fraction of sp³-hybridized carbons (Fsp3) is 0.478. The van der Waals surface area contributed by atoms with E-state index in [-0.39, 0.29) is 23.8 Å². The summed E-state index contributed by atoms with van der Waals surface area (Å²) >= 11 is 0. The van der Waals surface area contributed by atoms with Crippen molar-refractivity contribution < 1.29 is 19.1 Å². The van der Waals surface area contributed by atoms with Crippen molar-refractivity contribution in [2.75, 3.05) is 13.1 Å². The molecule has 1 aliphatic rings. The normalized spacial score (nSPS) is 16.3. The number of aromatic nitrogens is 2. The van der Waals surface area contributed by atoms with Crippen LogP contribution in [0.4, 0.5) is 0 Å². The number of hydrogen-bond acceptors (Lipinski definition) is 5. The van der Waals surface area contributed by atoms with Crippen LogP contribution in [0.25, 0.3) is 0 Å². The number of likely N-dealkylation sites (tertiary alicyclic amines) is 1. The molecule has 0 spiro atoms. The number of aromatic amines is 1. The van der Waals surface area contributed by atoms with Crippen LogP contribution in [-0.2, 0) is 16.1 Å². The van der Waals surface area contributed by atoms with Crippen LogP contribution < -0.4 is 5.32 Å². The van der Waals surface area contributed by atoms with Crippen LogP contribution in [0, 0.1) is 19.8 Å². The van der Waals surface area contributed by atoms with Crippen LogP contribution >= 0.6 is 0 Å². The number of H-pyrrole nitrogens is 1. The second kappa shape index (κ2) is 9.76. The lowest BCUT2D eigenvalue weighted by Gasteiger charge is -2.32. The van der Waals surface area contributed by atoms with Crippen molar-refractivity contribution in [3.05, 3.63) is 52.6 Å². The first kappa shape index (κ1) is 22.5.